The lowest BCUT2D eigenvalue weighted by molar-refractivity contribution is 0.305. The highest BCUT2D eigenvalue weighted by Crippen LogP contribution is 2.24. The summed E-state index contributed by atoms with van der Waals surface area (Å²) in [5, 5.41) is 10.3. The molecule has 0 amide bonds. The molecule has 4 nitrogen and oxygen atoms in total. The Hall–Kier alpha value is -1.88. The first-order valence-corrected chi connectivity index (χ1v) is 7.72. The first-order valence-electron chi connectivity index (χ1n) is 6.84. The monoisotopic (exact) mass is 303 g/mol. The van der Waals surface area contributed by atoms with Gasteiger partial charge in [-0.1, -0.05) is 32.9 Å². The molecule has 0 bridgehead atoms. The third-order valence-electron chi connectivity index (χ3n) is 3.00. The van der Waals surface area contributed by atoms with Crippen LogP contribution in [0.4, 0.5) is 0 Å². The number of thiazole rings is 1. The van der Waals surface area contributed by atoms with E-state index in [1.54, 1.807) is 11.3 Å². The Bertz CT molecular complexity index is 611. The summed E-state index contributed by atoms with van der Waals surface area (Å²) in [6.45, 7) is 6.94. The van der Waals surface area contributed by atoms with E-state index in [9.17, 15) is 0 Å². The highest BCUT2D eigenvalue weighted by molar-refractivity contribution is 7.09. The van der Waals surface area contributed by atoms with Crippen molar-refractivity contribution in [2.24, 2.45) is 5.73 Å². The molecular formula is C16H21N3OS. The van der Waals surface area contributed by atoms with Crippen molar-refractivity contribution in [1.29, 1.82) is 5.41 Å². The van der Waals surface area contributed by atoms with Gasteiger partial charge in [-0.15, -0.1) is 11.3 Å². The molecule has 0 saturated heterocycles. The molecule has 1 heterocycles. The molecule has 1 aromatic carbocycles. The van der Waals surface area contributed by atoms with Crippen LogP contribution in [-0.2, 0) is 18.4 Å². The van der Waals surface area contributed by atoms with Crippen molar-refractivity contribution in [3.05, 3.63) is 45.9 Å². The van der Waals surface area contributed by atoms with Crippen molar-refractivity contribution in [3.63, 3.8) is 0 Å². The molecule has 0 radical (unpaired) electrons. The summed E-state index contributed by atoms with van der Waals surface area (Å²) < 4.78 is 5.74. The molecule has 1 aromatic heterocycles. The topological polar surface area (TPSA) is 72.0 Å². The highest BCUT2D eigenvalue weighted by Gasteiger charge is 2.17. The predicted molar refractivity (Wildman–Crippen MR) is 87.2 cm³/mol. The van der Waals surface area contributed by atoms with E-state index in [1.165, 1.54) is 0 Å². The molecule has 2 rings (SSSR count). The van der Waals surface area contributed by atoms with Crippen LogP contribution >= 0.6 is 11.3 Å². The minimum Gasteiger partial charge on any atom is -0.486 e. The van der Waals surface area contributed by atoms with Gasteiger partial charge in [0.1, 0.15) is 17.4 Å². The van der Waals surface area contributed by atoms with Crippen LogP contribution in [0, 0.1) is 5.41 Å². The largest absolute Gasteiger partial charge is 0.486 e. The van der Waals surface area contributed by atoms with Gasteiger partial charge in [-0.25, -0.2) is 4.98 Å². The summed E-state index contributed by atoms with van der Waals surface area (Å²) in [6.07, 6.45) is 0.474. The Labute approximate surface area is 129 Å². The molecule has 3 N–H and O–H groups in total. The molecule has 2 aromatic rings. The van der Waals surface area contributed by atoms with Crippen LogP contribution < -0.4 is 10.5 Å². The van der Waals surface area contributed by atoms with Gasteiger partial charge in [-0.05, 0) is 17.7 Å². The molecule has 0 aliphatic carbocycles. The van der Waals surface area contributed by atoms with E-state index in [0.717, 1.165) is 22.0 Å². The van der Waals surface area contributed by atoms with Gasteiger partial charge >= 0.3 is 0 Å². The van der Waals surface area contributed by atoms with E-state index < -0.39 is 0 Å². The summed E-state index contributed by atoms with van der Waals surface area (Å²) in [4.78, 5) is 4.60. The smallest absolute Gasteiger partial charge is 0.140 e. The highest BCUT2D eigenvalue weighted by atomic mass is 32.1. The average molecular weight is 303 g/mol. The molecule has 0 aliphatic rings. The maximum atomic E-state index is 7.27. The van der Waals surface area contributed by atoms with Crippen molar-refractivity contribution in [2.45, 2.75) is 39.2 Å². The lowest BCUT2D eigenvalue weighted by Gasteiger charge is -2.14. The van der Waals surface area contributed by atoms with Gasteiger partial charge < -0.3 is 10.5 Å². The first kappa shape index (κ1) is 15.5. The zero-order chi connectivity index (χ0) is 15.5. The second-order valence-electron chi connectivity index (χ2n) is 6.01. The van der Waals surface area contributed by atoms with Gasteiger partial charge in [-0.3, -0.25) is 5.41 Å². The molecule has 0 saturated carbocycles. The van der Waals surface area contributed by atoms with E-state index in [2.05, 4.69) is 31.1 Å². The number of amidine groups is 1. The number of aromatic nitrogens is 1. The second kappa shape index (κ2) is 6.26. The SMILES string of the molecule is CC(C)(C)c1csc(COc2ccc(CC(=N)N)cc2)n1. The van der Waals surface area contributed by atoms with Crippen LogP contribution in [0.5, 0.6) is 5.75 Å². The standard InChI is InChI=1S/C16H21N3OS/c1-16(2,3)13-10-21-15(19-13)9-20-12-6-4-11(5-7-12)8-14(17)18/h4-7,10H,8-9H2,1-3H3,(H3,17,18). The Balaban J connectivity index is 1.94. The Kier molecular flexibility index (Phi) is 4.63. The maximum absolute atomic E-state index is 7.27. The molecule has 0 unspecified atom stereocenters. The van der Waals surface area contributed by atoms with E-state index >= 15 is 0 Å². The fourth-order valence-corrected chi connectivity index (χ4v) is 2.72. The quantitative estimate of drug-likeness (QED) is 0.656. The molecule has 0 spiro atoms. The van der Waals surface area contributed by atoms with Gasteiger partial charge in [-0.2, -0.15) is 0 Å². The van der Waals surface area contributed by atoms with Crippen LogP contribution in [-0.4, -0.2) is 10.8 Å². The second-order valence-corrected chi connectivity index (χ2v) is 6.95. The number of hydrogen-bond acceptors (Lipinski definition) is 4. The molecule has 21 heavy (non-hydrogen) atoms. The average Bonchev–Trinajstić information content (AvgIpc) is 2.86. The van der Waals surface area contributed by atoms with E-state index in [4.69, 9.17) is 15.9 Å². The van der Waals surface area contributed by atoms with Gasteiger partial charge in [0.25, 0.3) is 0 Å². The molecule has 0 atom stereocenters. The number of rotatable bonds is 5. The zero-order valence-electron chi connectivity index (χ0n) is 12.6. The molecule has 5 heteroatoms. The van der Waals surface area contributed by atoms with Crippen molar-refractivity contribution >= 4 is 17.2 Å². The molecule has 112 valence electrons. The predicted octanol–water partition coefficient (Wildman–Crippen LogP) is 3.50. The van der Waals surface area contributed by atoms with Crippen LogP contribution in [0.3, 0.4) is 0 Å². The fourth-order valence-electron chi connectivity index (χ4n) is 1.79. The van der Waals surface area contributed by atoms with Crippen molar-refractivity contribution in [1.82, 2.24) is 4.98 Å². The third-order valence-corrected chi connectivity index (χ3v) is 3.82. The van der Waals surface area contributed by atoms with Crippen LogP contribution in [0.15, 0.2) is 29.6 Å². The van der Waals surface area contributed by atoms with E-state index in [1.807, 2.05) is 24.3 Å². The summed E-state index contributed by atoms with van der Waals surface area (Å²) in [7, 11) is 0. The minimum absolute atomic E-state index is 0.0725. The number of nitrogens with one attached hydrogen (secondary N) is 1. The first-order chi connectivity index (χ1) is 9.84. The molecule has 0 fully saturated rings. The Morgan fingerprint density at radius 2 is 1.95 bits per heavy atom. The number of hydrogen-bond donors (Lipinski definition) is 2. The number of nitrogens with zero attached hydrogens (tertiary/aromatic N) is 1. The lowest BCUT2D eigenvalue weighted by Crippen LogP contribution is -2.12. The summed E-state index contributed by atoms with van der Waals surface area (Å²) in [5.74, 6) is 0.968. The zero-order valence-corrected chi connectivity index (χ0v) is 13.5. The maximum Gasteiger partial charge on any atom is 0.140 e. The van der Waals surface area contributed by atoms with Crippen molar-refractivity contribution in [2.75, 3.05) is 0 Å². The van der Waals surface area contributed by atoms with Crippen LogP contribution in [0.2, 0.25) is 0 Å². The number of nitrogens with two attached hydrogens (primary N) is 1. The minimum atomic E-state index is 0.0725. The van der Waals surface area contributed by atoms with Gasteiger partial charge in [0.15, 0.2) is 0 Å². The fraction of sp³-hybridized carbons (Fsp3) is 0.375. The summed E-state index contributed by atoms with van der Waals surface area (Å²) >= 11 is 1.63. The molecular weight excluding hydrogens is 282 g/mol. The van der Waals surface area contributed by atoms with E-state index in [0.29, 0.717) is 13.0 Å². The normalized spacial score (nSPS) is 11.4. The Morgan fingerprint density at radius 3 is 2.48 bits per heavy atom. The third kappa shape index (κ3) is 4.56. The molecule has 0 aliphatic heterocycles. The van der Waals surface area contributed by atoms with Crippen molar-refractivity contribution in [3.8, 4) is 5.75 Å². The van der Waals surface area contributed by atoms with Gasteiger partial charge in [0, 0.05) is 17.2 Å². The summed E-state index contributed by atoms with van der Waals surface area (Å²) in [6, 6.07) is 7.66. The lowest BCUT2D eigenvalue weighted by atomic mass is 9.93. The number of ether oxygens (including phenoxy) is 1. The summed E-state index contributed by atoms with van der Waals surface area (Å²) in [5.41, 5.74) is 7.57. The van der Waals surface area contributed by atoms with Crippen molar-refractivity contribution < 1.29 is 4.74 Å². The van der Waals surface area contributed by atoms with Crippen LogP contribution in [0.1, 0.15) is 37.0 Å². The number of benzene rings is 1. The van der Waals surface area contributed by atoms with Crippen LogP contribution in [0.25, 0.3) is 0 Å². The van der Waals surface area contributed by atoms with Gasteiger partial charge in [0.2, 0.25) is 0 Å². The van der Waals surface area contributed by atoms with E-state index in [-0.39, 0.29) is 11.3 Å². The Morgan fingerprint density at radius 1 is 1.29 bits per heavy atom. The van der Waals surface area contributed by atoms with Gasteiger partial charge in [0.05, 0.1) is 11.5 Å².